The molecule has 118 valence electrons. The molecule has 4 rings (SSSR count). The fourth-order valence-corrected chi connectivity index (χ4v) is 3.69. The van der Waals surface area contributed by atoms with E-state index in [4.69, 9.17) is 0 Å². The van der Waals surface area contributed by atoms with Crippen molar-refractivity contribution in [2.45, 2.75) is 45.8 Å². The second-order valence-electron chi connectivity index (χ2n) is 6.65. The molecule has 3 heteroatoms. The molecule has 0 bridgehead atoms. The van der Waals surface area contributed by atoms with Gasteiger partial charge in [-0.25, -0.2) is 0 Å². The van der Waals surface area contributed by atoms with Gasteiger partial charge in [-0.1, -0.05) is 17.7 Å². The molecule has 0 radical (unpaired) electrons. The molecule has 1 aliphatic rings. The van der Waals surface area contributed by atoms with E-state index in [1.165, 1.54) is 27.7 Å². The number of aromatic nitrogens is 2. The molecule has 0 aliphatic carbocycles. The third-order valence-corrected chi connectivity index (χ3v) is 4.89. The SMILES string of the molecule is Cc1ccc2c(c1)c1c(n2CCc2ccccn2)CC(C)NC1. The molecule has 1 atom stereocenters. The lowest BCUT2D eigenvalue weighted by molar-refractivity contribution is 0.492. The number of aryl methyl sites for hydroxylation is 3. The smallest absolute Gasteiger partial charge is 0.0486 e. The van der Waals surface area contributed by atoms with Crippen molar-refractivity contribution >= 4 is 10.9 Å². The van der Waals surface area contributed by atoms with E-state index >= 15 is 0 Å². The van der Waals surface area contributed by atoms with E-state index < -0.39 is 0 Å². The number of hydrogen-bond donors (Lipinski definition) is 1. The summed E-state index contributed by atoms with van der Waals surface area (Å²) in [7, 11) is 0. The van der Waals surface area contributed by atoms with Crippen molar-refractivity contribution in [2.75, 3.05) is 0 Å². The van der Waals surface area contributed by atoms with Crippen LogP contribution in [0.1, 0.15) is 29.4 Å². The Morgan fingerprint density at radius 2 is 2.17 bits per heavy atom. The summed E-state index contributed by atoms with van der Waals surface area (Å²) in [5.41, 5.74) is 6.86. The number of hydrogen-bond acceptors (Lipinski definition) is 2. The maximum atomic E-state index is 4.47. The molecular weight excluding hydrogens is 282 g/mol. The predicted molar refractivity (Wildman–Crippen MR) is 94.6 cm³/mol. The fraction of sp³-hybridized carbons (Fsp3) is 0.350. The van der Waals surface area contributed by atoms with Crippen LogP contribution in [-0.2, 0) is 25.9 Å². The van der Waals surface area contributed by atoms with Gasteiger partial charge >= 0.3 is 0 Å². The van der Waals surface area contributed by atoms with E-state index in [0.29, 0.717) is 6.04 Å². The minimum absolute atomic E-state index is 0.543. The first-order valence-electron chi connectivity index (χ1n) is 8.46. The van der Waals surface area contributed by atoms with Crippen LogP contribution in [0.25, 0.3) is 10.9 Å². The number of pyridine rings is 1. The van der Waals surface area contributed by atoms with Crippen molar-refractivity contribution in [3.05, 3.63) is 65.1 Å². The number of benzene rings is 1. The van der Waals surface area contributed by atoms with Crippen molar-refractivity contribution in [1.29, 1.82) is 0 Å². The summed E-state index contributed by atoms with van der Waals surface area (Å²) in [4.78, 5) is 4.47. The third kappa shape index (κ3) is 2.66. The molecule has 3 aromatic rings. The highest BCUT2D eigenvalue weighted by atomic mass is 15.0. The molecule has 0 amide bonds. The van der Waals surface area contributed by atoms with Gasteiger partial charge in [0.05, 0.1) is 0 Å². The molecule has 1 unspecified atom stereocenters. The van der Waals surface area contributed by atoms with Gasteiger partial charge in [-0.15, -0.1) is 0 Å². The summed E-state index contributed by atoms with van der Waals surface area (Å²) in [6.45, 7) is 6.43. The van der Waals surface area contributed by atoms with Gasteiger partial charge in [0.25, 0.3) is 0 Å². The van der Waals surface area contributed by atoms with Gasteiger partial charge in [-0.2, -0.15) is 0 Å². The van der Waals surface area contributed by atoms with E-state index in [1.807, 2.05) is 12.3 Å². The van der Waals surface area contributed by atoms with E-state index in [-0.39, 0.29) is 0 Å². The average Bonchev–Trinajstić information content (AvgIpc) is 2.86. The lowest BCUT2D eigenvalue weighted by Crippen LogP contribution is -2.33. The van der Waals surface area contributed by atoms with Crippen LogP contribution in [-0.4, -0.2) is 15.6 Å². The molecule has 1 aromatic carbocycles. The first-order chi connectivity index (χ1) is 11.2. The van der Waals surface area contributed by atoms with Crippen LogP contribution in [0.4, 0.5) is 0 Å². The molecule has 0 spiro atoms. The Bertz CT molecular complexity index is 833. The lowest BCUT2D eigenvalue weighted by Gasteiger charge is -2.23. The van der Waals surface area contributed by atoms with Gasteiger partial charge < -0.3 is 9.88 Å². The molecule has 2 aromatic heterocycles. The van der Waals surface area contributed by atoms with E-state index in [2.05, 4.69) is 59.0 Å². The normalized spacial score (nSPS) is 17.4. The summed E-state index contributed by atoms with van der Waals surface area (Å²) in [6.07, 6.45) is 3.96. The van der Waals surface area contributed by atoms with Crippen molar-refractivity contribution < 1.29 is 0 Å². The molecule has 23 heavy (non-hydrogen) atoms. The lowest BCUT2D eigenvalue weighted by atomic mass is 10.0. The fourth-order valence-electron chi connectivity index (χ4n) is 3.69. The molecule has 0 saturated carbocycles. The molecule has 1 aliphatic heterocycles. The summed E-state index contributed by atoms with van der Waals surface area (Å²) < 4.78 is 2.52. The van der Waals surface area contributed by atoms with Crippen LogP contribution in [0.3, 0.4) is 0 Å². The van der Waals surface area contributed by atoms with Crippen molar-refractivity contribution in [3.63, 3.8) is 0 Å². The zero-order valence-corrected chi connectivity index (χ0v) is 13.8. The maximum Gasteiger partial charge on any atom is 0.0486 e. The average molecular weight is 305 g/mol. The second-order valence-corrected chi connectivity index (χ2v) is 6.65. The maximum absolute atomic E-state index is 4.47. The Balaban J connectivity index is 1.77. The van der Waals surface area contributed by atoms with Crippen LogP contribution in [0.2, 0.25) is 0 Å². The van der Waals surface area contributed by atoms with Gasteiger partial charge in [0.2, 0.25) is 0 Å². The third-order valence-electron chi connectivity index (χ3n) is 4.89. The molecule has 3 nitrogen and oxygen atoms in total. The number of rotatable bonds is 3. The van der Waals surface area contributed by atoms with Crippen molar-refractivity contribution in [1.82, 2.24) is 14.9 Å². The summed E-state index contributed by atoms with van der Waals surface area (Å²) in [5, 5.41) is 5.03. The van der Waals surface area contributed by atoms with Crippen LogP contribution >= 0.6 is 0 Å². The minimum atomic E-state index is 0.543. The first-order valence-corrected chi connectivity index (χ1v) is 8.46. The molecule has 1 N–H and O–H groups in total. The quantitative estimate of drug-likeness (QED) is 0.801. The first kappa shape index (κ1) is 14.5. The van der Waals surface area contributed by atoms with E-state index in [9.17, 15) is 0 Å². The van der Waals surface area contributed by atoms with Crippen molar-refractivity contribution in [3.8, 4) is 0 Å². The highest BCUT2D eigenvalue weighted by Gasteiger charge is 2.22. The van der Waals surface area contributed by atoms with E-state index in [1.54, 1.807) is 0 Å². The van der Waals surface area contributed by atoms with Gasteiger partial charge in [0.15, 0.2) is 0 Å². The van der Waals surface area contributed by atoms with Gasteiger partial charge in [-0.05, 0) is 43.7 Å². The summed E-state index contributed by atoms with van der Waals surface area (Å²) >= 11 is 0. The van der Waals surface area contributed by atoms with Crippen LogP contribution < -0.4 is 5.32 Å². The number of fused-ring (bicyclic) bond motifs is 3. The standard InChI is InChI=1S/C20H23N3/c1-14-6-7-19-17(11-14)18-13-22-15(2)12-20(18)23(19)10-8-16-5-3-4-9-21-16/h3-7,9,11,15,22H,8,10,12-13H2,1-2H3. The molecular formula is C20H23N3. The van der Waals surface area contributed by atoms with Crippen LogP contribution in [0.15, 0.2) is 42.6 Å². The Labute approximate surface area is 137 Å². The largest absolute Gasteiger partial charge is 0.344 e. The second kappa shape index (κ2) is 5.82. The molecule has 3 heterocycles. The predicted octanol–water partition coefficient (Wildman–Crippen LogP) is 3.62. The Kier molecular flexibility index (Phi) is 3.66. The zero-order chi connectivity index (χ0) is 15.8. The van der Waals surface area contributed by atoms with E-state index in [0.717, 1.165) is 31.6 Å². The van der Waals surface area contributed by atoms with Crippen LogP contribution in [0.5, 0.6) is 0 Å². The highest BCUT2D eigenvalue weighted by molar-refractivity contribution is 5.86. The number of nitrogens with zero attached hydrogens (tertiary/aromatic N) is 2. The molecule has 0 fully saturated rings. The summed E-state index contributed by atoms with van der Waals surface area (Å²) in [6, 6.07) is 13.6. The topological polar surface area (TPSA) is 29.9 Å². The Morgan fingerprint density at radius 1 is 1.26 bits per heavy atom. The minimum Gasteiger partial charge on any atom is -0.344 e. The van der Waals surface area contributed by atoms with Crippen LogP contribution in [0, 0.1) is 6.92 Å². The van der Waals surface area contributed by atoms with Gasteiger partial charge in [-0.3, -0.25) is 4.98 Å². The molecule has 0 saturated heterocycles. The Hall–Kier alpha value is -2.13. The van der Waals surface area contributed by atoms with Gasteiger partial charge in [0, 0.05) is 60.5 Å². The van der Waals surface area contributed by atoms with Crippen molar-refractivity contribution in [2.24, 2.45) is 0 Å². The van der Waals surface area contributed by atoms with Gasteiger partial charge in [0.1, 0.15) is 0 Å². The zero-order valence-electron chi connectivity index (χ0n) is 13.8. The monoisotopic (exact) mass is 305 g/mol. The summed E-state index contributed by atoms with van der Waals surface area (Å²) in [5.74, 6) is 0. The Morgan fingerprint density at radius 3 is 3.00 bits per heavy atom. The number of nitrogens with one attached hydrogen (secondary N) is 1. The highest BCUT2D eigenvalue weighted by Crippen LogP contribution is 2.30.